The summed E-state index contributed by atoms with van der Waals surface area (Å²) in [7, 11) is -1.23. The first kappa shape index (κ1) is 14.9. The van der Waals surface area contributed by atoms with Crippen LogP contribution >= 0.6 is 0 Å². The summed E-state index contributed by atoms with van der Waals surface area (Å²) in [4.78, 5) is 12.5. The fraction of sp³-hybridized carbons (Fsp3) is 0.400. The van der Waals surface area contributed by atoms with E-state index in [1.165, 1.54) is 0 Å². The van der Waals surface area contributed by atoms with Gasteiger partial charge in [0.2, 0.25) is 0 Å². The van der Waals surface area contributed by atoms with Crippen molar-refractivity contribution in [1.82, 2.24) is 4.31 Å². The maximum Gasteiger partial charge on any atom is 0.335 e. The van der Waals surface area contributed by atoms with Crippen LogP contribution in [0.5, 0.6) is 0 Å². The molecule has 0 saturated carbocycles. The Morgan fingerprint density at radius 3 is 2.70 bits per heavy atom. The molecule has 20 heavy (non-hydrogen) atoms. The van der Waals surface area contributed by atoms with Gasteiger partial charge in [-0.25, -0.2) is 13.3 Å². The molecule has 0 bridgehead atoms. The molecule has 1 atom stereocenters. The monoisotopic (exact) mass is 293 g/mol. The SMILES string of the molecule is CCOC(=O)C1=CCCN(S(=O)c2ccc(C)cc2)C1. The molecule has 0 saturated heterocycles. The maximum absolute atomic E-state index is 12.5. The molecule has 0 fully saturated rings. The minimum Gasteiger partial charge on any atom is -0.463 e. The van der Waals surface area contributed by atoms with Crippen molar-refractivity contribution in [2.75, 3.05) is 19.7 Å². The second-order valence-electron chi connectivity index (χ2n) is 4.66. The van der Waals surface area contributed by atoms with Gasteiger partial charge in [-0.15, -0.1) is 0 Å². The van der Waals surface area contributed by atoms with Crippen molar-refractivity contribution >= 4 is 17.0 Å². The number of rotatable bonds is 4. The zero-order valence-electron chi connectivity index (χ0n) is 11.8. The van der Waals surface area contributed by atoms with Crippen LogP contribution in [0.25, 0.3) is 0 Å². The highest BCUT2D eigenvalue weighted by atomic mass is 32.2. The second kappa shape index (κ2) is 6.81. The minimum absolute atomic E-state index is 0.307. The second-order valence-corrected chi connectivity index (χ2v) is 6.15. The van der Waals surface area contributed by atoms with E-state index < -0.39 is 11.0 Å². The van der Waals surface area contributed by atoms with Gasteiger partial charge < -0.3 is 4.74 Å². The van der Waals surface area contributed by atoms with E-state index in [4.69, 9.17) is 4.74 Å². The van der Waals surface area contributed by atoms with Crippen molar-refractivity contribution in [1.29, 1.82) is 0 Å². The van der Waals surface area contributed by atoms with E-state index in [1.54, 1.807) is 11.2 Å². The lowest BCUT2D eigenvalue weighted by Crippen LogP contribution is -2.34. The van der Waals surface area contributed by atoms with Crippen LogP contribution in [0.4, 0.5) is 0 Å². The highest BCUT2D eigenvalue weighted by Gasteiger charge is 2.23. The molecule has 0 radical (unpaired) electrons. The van der Waals surface area contributed by atoms with E-state index in [9.17, 15) is 9.00 Å². The molecule has 1 aromatic carbocycles. The van der Waals surface area contributed by atoms with E-state index in [2.05, 4.69) is 0 Å². The quantitative estimate of drug-likeness (QED) is 0.800. The third-order valence-corrected chi connectivity index (χ3v) is 4.57. The first-order valence-electron chi connectivity index (χ1n) is 6.71. The Morgan fingerprint density at radius 2 is 2.05 bits per heavy atom. The molecule has 0 amide bonds. The fourth-order valence-corrected chi connectivity index (χ4v) is 3.23. The highest BCUT2D eigenvalue weighted by Crippen LogP contribution is 2.18. The predicted octanol–water partition coefficient (Wildman–Crippen LogP) is 2.21. The van der Waals surface area contributed by atoms with E-state index in [0.29, 0.717) is 31.7 Å². The lowest BCUT2D eigenvalue weighted by molar-refractivity contribution is -0.138. The number of nitrogens with zero attached hydrogens (tertiary/aromatic N) is 1. The molecule has 1 aromatic rings. The van der Waals surface area contributed by atoms with Gasteiger partial charge >= 0.3 is 5.97 Å². The van der Waals surface area contributed by atoms with Gasteiger partial charge in [-0.05, 0) is 32.4 Å². The Bertz CT molecular complexity index is 537. The van der Waals surface area contributed by atoms with E-state index in [-0.39, 0.29) is 5.97 Å². The Hall–Kier alpha value is -1.46. The summed E-state index contributed by atoms with van der Waals surface area (Å²) in [6, 6.07) is 7.63. The first-order valence-corrected chi connectivity index (χ1v) is 7.82. The van der Waals surface area contributed by atoms with E-state index in [0.717, 1.165) is 10.5 Å². The number of esters is 1. The van der Waals surface area contributed by atoms with Crippen LogP contribution in [-0.4, -0.2) is 34.2 Å². The fourth-order valence-electron chi connectivity index (χ4n) is 2.03. The summed E-state index contributed by atoms with van der Waals surface area (Å²) >= 11 is 0. The Labute approximate surface area is 122 Å². The number of hydrogen-bond donors (Lipinski definition) is 0. The van der Waals surface area contributed by atoms with Crippen LogP contribution in [0.15, 0.2) is 40.8 Å². The van der Waals surface area contributed by atoms with Crippen LogP contribution in [-0.2, 0) is 20.5 Å². The van der Waals surface area contributed by atoms with Gasteiger partial charge in [0.25, 0.3) is 0 Å². The van der Waals surface area contributed by atoms with Crippen LogP contribution in [0.3, 0.4) is 0 Å². The molecule has 0 N–H and O–H groups in total. The third-order valence-electron chi connectivity index (χ3n) is 3.11. The van der Waals surface area contributed by atoms with Gasteiger partial charge in [0.1, 0.15) is 11.0 Å². The van der Waals surface area contributed by atoms with E-state index in [1.807, 2.05) is 37.3 Å². The van der Waals surface area contributed by atoms with Crippen molar-refractivity contribution < 1.29 is 13.7 Å². The van der Waals surface area contributed by atoms with Gasteiger partial charge in [0, 0.05) is 18.7 Å². The van der Waals surface area contributed by atoms with Gasteiger partial charge in [-0.1, -0.05) is 23.8 Å². The number of benzene rings is 1. The normalized spacial score (nSPS) is 17.4. The summed E-state index contributed by atoms with van der Waals surface area (Å²) in [6.07, 6.45) is 2.59. The summed E-state index contributed by atoms with van der Waals surface area (Å²) < 4.78 is 19.3. The van der Waals surface area contributed by atoms with Crippen molar-refractivity contribution in [2.24, 2.45) is 0 Å². The topological polar surface area (TPSA) is 46.6 Å². The summed E-state index contributed by atoms with van der Waals surface area (Å²) in [5.41, 5.74) is 1.73. The molecule has 4 nitrogen and oxygen atoms in total. The standard InChI is InChI=1S/C15H19NO3S/c1-3-19-15(17)13-5-4-10-16(11-13)20(18)14-8-6-12(2)7-9-14/h5-9H,3-4,10-11H2,1-2H3. The van der Waals surface area contributed by atoms with Crippen LogP contribution in [0.1, 0.15) is 18.9 Å². The molecule has 0 aliphatic carbocycles. The van der Waals surface area contributed by atoms with Crippen LogP contribution in [0, 0.1) is 6.92 Å². The predicted molar refractivity (Wildman–Crippen MR) is 78.5 cm³/mol. The molecule has 1 aliphatic rings. The molecular formula is C15H19NO3S. The first-order chi connectivity index (χ1) is 9.61. The van der Waals surface area contributed by atoms with Gasteiger partial charge in [0.15, 0.2) is 0 Å². The molecular weight excluding hydrogens is 274 g/mol. The highest BCUT2D eigenvalue weighted by molar-refractivity contribution is 7.82. The van der Waals surface area contributed by atoms with Crippen molar-refractivity contribution in [2.45, 2.75) is 25.2 Å². The molecule has 0 spiro atoms. The molecule has 1 unspecified atom stereocenters. The number of carbonyl (C=O) groups excluding carboxylic acids is 1. The summed E-state index contributed by atoms with van der Waals surface area (Å²) in [5, 5.41) is 0. The number of carbonyl (C=O) groups is 1. The minimum atomic E-state index is -1.23. The van der Waals surface area contributed by atoms with Crippen LogP contribution < -0.4 is 0 Å². The van der Waals surface area contributed by atoms with Crippen molar-refractivity contribution in [3.63, 3.8) is 0 Å². The Balaban J connectivity index is 2.07. The number of hydrogen-bond acceptors (Lipinski definition) is 3. The zero-order valence-corrected chi connectivity index (χ0v) is 12.6. The summed E-state index contributed by atoms with van der Waals surface area (Å²) in [5.74, 6) is -0.307. The Morgan fingerprint density at radius 1 is 1.35 bits per heavy atom. The van der Waals surface area contributed by atoms with Crippen molar-refractivity contribution in [3.05, 3.63) is 41.5 Å². The van der Waals surface area contributed by atoms with Crippen LogP contribution in [0.2, 0.25) is 0 Å². The third kappa shape index (κ3) is 3.55. The molecule has 2 rings (SSSR count). The molecule has 1 aliphatic heterocycles. The van der Waals surface area contributed by atoms with E-state index >= 15 is 0 Å². The molecule has 1 heterocycles. The lowest BCUT2D eigenvalue weighted by atomic mass is 10.1. The average molecular weight is 293 g/mol. The average Bonchev–Trinajstić information content (AvgIpc) is 2.48. The van der Waals surface area contributed by atoms with Gasteiger partial charge in [-0.3, -0.25) is 0 Å². The van der Waals surface area contributed by atoms with Gasteiger partial charge in [0.05, 0.1) is 11.5 Å². The van der Waals surface area contributed by atoms with Crippen molar-refractivity contribution in [3.8, 4) is 0 Å². The number of aryl methyl sites for hydroxylation is 1. The largest absolute Gasteiger partial charge is 0.463 e. The molecule has 5 heteroatoms. The summed E-state index contributed by atoms with van der Waals surface area (Å²) in [6.45, 7) is 5.19. The number of ether oxygens (including phenoxy) is 1. The Kier molecular flexibility index (Phi) is 5.09. The maximum atomic E-state index is 12.5. The smallest absolute Gasteiger partial charge is 0.335 e. The molecule has 108 valence electrons. The lowest BCUT2D eigenvalue weighted by Gasteiger charge is -2.25. The zero-order chi connectivity index (χ0) is 14.5. The molecule has 0 aromatic heterocycles. The van der Waals surface area contributed by atoms with Gasteiger partial charge in [-0.2, -0.15) is 0 Å².